The number of fused-ring (bicyclic) bond motifs is 1. The maximum absolute atomic E-state index is 12.4. The minimum atomic E-state index is -0.318. The quantitative estimate of drug-likeness (QED) is 0.366. The first-order valence-electron chi connectivity index (χ1n) is 9.61. The summed E-state index contributed by atoms with van der Waals surface area (Å²) in [7, 11) is 1.41. The molecule has 1 aliphatic rings. The molecule has 2 N–H and O–H groups in total. The van der Waals surface area contributed by atoms with Gasteiger partial charge in [-0.15, -0.1) is 11.3 Å². The summed E-state index contributed by atoms with van der Waals surface area (Å²) in [5.74, 6) is -0.318. The van der Waals surface area contributed by atoms with Crippen molar-refractivity contribution in [3.8, 4) is 0 Å². The highest BCUT2D eigenvalue weighted by molar-refractivity contribution is 9.10. The standard InChI is InChI=1S/C21H21BrN4O2S2/c1-28-20(27)18-16-4-2-3-5-17(16)30-19(18)25-21(29)24-15-10-23-26(12-15)11-13-6-8-14(22)9-7-13/h6-10,12H,2-5,11H2,1H3,(H2,24,25,29). The fourth-order valence-electron chi connectivity index (χ4n) is 3.53. The van der Waals surface area contributed by atoms with Gasteiger partial charge in [0.05, 0.1) is 31.1 Å². The molecule has 1 aromatic carbocycles. The predicted octanol–water partition coefficient (Wildman–Crippen LogP) is 5.23. The number of hydrogen-bond acceptors (Lipinski definition) is 5. The molecular formula is C21H21BrN4O2S2. The van der Waals surface area contributed by atoms with Gasteiger partial charge >= 0.3 is 5.97 Å². The summed E-state index contributed by atoms with van der Waals surface area (Å²) in [6.45, 7) is 0.666. The number of thiocarbonyl (C=S) groups is 1. The van der Waals surface area contributed by atoms with Crippen molar-refractivity contribution in [3.63, 3.8) is 0 Å². The van der Waals surface area contributed by atoms with E-state index in [1.54, 1.807) is 17.5 Å². The molecule has 2 heterocycles. The molecule has 3 aromatic rings. The number of aryl methyl sites for hydroxylation is 1. The molecule has 30 heavy (non-hydrogen) atoms. The first-order chi connectivity index (χ1) is 14.5. The maximum Gasteiger partial charge on any atom is 0.341 e. The third-order valence-electron chi connectivity index (χ3n) is 4.94. The predicted molar refractivity (Wildman–Crippen MR) is 128 cm³/mol. The zero-order valence-electron chi connectivity index (χ0n) is 16.4. The number of carbonyl (C=O) groups excluding carboxylic acids is 1. The Kier molecular flexibility index (Phi) is 6.50. The van der Waals surface area contributed by atoms with E-state index in [1.807, 2.05) is 23.0 Å². The van der Waals surface area contributed by atoms with Crippen LogP contribution < -0.4 is 10.6 Å². The van der Waals surface area contributed by atoms with Crippen molar-refractivity contribution in [2.75, 3.05) is 17.7 Å². The zero-order chi connectivity index (χ0) is 21.1. The lowest BCUT2D eigenvalue weighted by Gasteiger charge is -2.12. The van der Waals surface area contributed by atoms with Gasteiger partial charge in [-0.1, -0.05) is 28.1 Å². The first-order valence-corrected chi connectivity index (χ1v) is 11.6. The molecule has 0 radical (unpaired) electrons. The van der Waals surface area contributed by atoms with Crippen LogP contribution in [0.5, 0.6) is 0 Å². The van der Waals surface area contributed by atoms with Crippen LogP contribution in [0.15, 0.2) is 41.1 Å². The van der Waals surface area contributed by atoms with Gasteiger partial charge in [0.25, 0.3) is 0 Å². The number of rotatable bonds is 5. The summed E-state index contributed by atoms with van der Waals surface area (Å²) in [4.78, 5) is 13.6. The van der Waals surface area contributed by atoms with Crippen LogP contribution in [0.2, 0.25) is 0 Å². The van der Waals surface area contributed by atoms with Crippen molar-refractivity contribution in [1.82, 2.24) is 9.78 Å². The Morgan fingerprint density at radius 1 is 1.27 bits per heavy atom. The van der Waals surface area contributed by atoms with Gasteiger partial charge in [0.15, 0.2) is 5.11 Å². The van der Waals surface area contributed by atoms with Gasteiger partial charge in [0.2, 0.25) is 0 Å². The minimum Gasteiger partial charge on any atom is -0.465 e. The number of hydrogen-bond donors (Lipinski definition) is 2. The van der Waals surface area contributed by atoms with E-state index in [9.17, 15) is 4.79 Å². The zero-order valence-corrected chi connectivity index (χ0v) is 19.6. The number of nitrogens with zero attached hydrogens (tertiary/aromatic N) is 2. The van der Waals surface area contributed by atoms with Crippen LogP contribution in [-0.2, 0) is 24.1 Å². The second-order valence-electron chi connectivity index (χ2n) is 7.04. The Bertz CT molecular complexity index is 1080. The molecule has 0 saturated heterocycles. The van der Waals surface area contributed by atoms with Crippen LogP contribution in [0.4, 0.5) is 10.7 Å². The van der Waals surface area contributed by atoms with E-state index < -0.39 is 0 Å². The molecule has 0 unspecified atom stereocenters. The number of anilines is 2. The average Bonchev–Trinajstić information content (AvgIpc) is 3.32. The largest absolute Gasteiger partial charge is 0.465 e. The molecule has 0 saturated carbocycles. The monoisotopic (exact) mass is 504 g/mol. The topological polar surface area (TPSA) is 68.2 Å². The molecule has 0 aliphatic heterocycles. The first kappa shape index (κ1) is 21.0. The Labute approximate surface area is 192 Å². The molecule has 0 atom stereocenters. The summed E-state index contributed by atoms with van der Waals surface area (Å²) in [6.07, 6.45) is 7.76. The SMILES string of the molecule is COC(=O)c1c(NC(=S)Nc2cnn(Cc3ccc(Br)cc3)c2)sc2c1CCCC2. The highest BCUT2D eigenvalue weighted by atomic mass is 79.9. The number of carbonyl (C=O) groups is 1. The molecule has 1 aliphatic carbocycles. The Balaban J connectivity index is 1.44. The second-order valence-corrected chi connectivity index (χ2v) is 9.47. The summed E-state index contributed by atoms with van der Waals surface area (Å²) in [6, 6.07) is 8.13. The van der Waals surface area contributed by atoms with Gasteiger partial charge in [-0.3, -0.25) is 4.68 Å². The molecule has 4 rings (SSSR count). The van der Waals surface area contributed by atoms with E-state index >= 15 is 0 Å². The molecule has 0 fully saturated rings. The van der Waals surface area contributed by atoms with Crippen LogP contribution in [0.3, 0.4) is 0 Å². The number of thiophene rings is 1. The number of benzene rings is 1. The molecule has 9 heteroatoms. The van der Waals surface area contributed by atoms with E-state index in [0.717, 1.165) is 52.0 Å². The molecule has 2 aromatic heterocycles. The van der Waals surface area contributed by atoms with Crippen LogP contribution >= 0.6 is 39.5 Å². The number of ether oxygens (including phenoxy) is 1. The van der Waals surface area contributed by atoms with Gasteiger partial charge in [0.1, 0.15) is 5.00 Å². The molecular weight excluding hydrogens is 484 g/mol. The van der Waals surface area contributed by atoms with Gasteiger partial charge in [0, 0.05) is 15.5 Å². The Hall–Kier alpha value is -2.23. The van der Waals surface area contributed by atoms with Crippen molar-refractivity contribution in [1.29, 1.82) is 0 Å². The summed E-state index contributed by atoms with van der Waals surface area (Å²) in [5.41, 5.74) is 3.66. The van der Waals surface area contributed by atoms with Crippen molar-refractivity contribution in [2.45, 2.75) is 32.2 Å². The van der Waals surface area contributed by atoms with E-state index in [-0.39, 0.29) is 5.97 Å². The number of aromatic nitrogens is 2. The summed E-state index contributed by atoms with van der Waals surface area (Å²) >= 11 is 10.5. The summed E-state index contributed by atoms with van der Waals surface area (Å²) < 4.78 is 7.91. The summed E-state index contributed by atoms with van der Waals surface area (Å²) in [5, 5.41) is 11.9. The van der Waals surface area contributed by atoms with Crippen molar-refractivity contribution < 1.29 is 9.53 Å². The van der Waals surface area contributed by atoms with Crippen LogP contribution in [0.25, 0.3) is 0 Å². The van der Waals surface area contributed by atoms with Gasteiger partial charge < -0.3 is 15.4 Å². The van der Waals surface area contributed by atoms with Crippen molar-refractivity contribution in [3.05, 3.63) is 62.7 Å². The third kappa shape index (κ3) is 4.74. The number of halogens is 1. The van der Waals surface area contributed by atoms with E-state index in [1.165, 1.54) is 12.0 Å². The smallest absolute Gasteiger partial charge is 0.341 e. The minimum absolute atomic E-state index is 0.318. The number of methoxy groups -OCH3 is 1. The highest BCUT2D eigenvalue weighted by Gasteiger charge is 2.26. The van der Waals surface area contributed by atoms with Crippen molar-refractivity contribution >= 4 is 61.3 Å². The molecule has 6 nitrogen and oxygen atoms in total. The highest BCUT2D eigenvalue weighted by Crippen LogP contribution is 2.38. The van der Waals surface area contributed by atoms with Crippen LogP contribution in [0, 0.1) is 0 Å². The molecule has 0 amide bonds. The van der Waals surface area contributed by atoms with Crippen LogP contribution in [-0.4, -0.2) is 28.0 Å². The normalized spacial score (nSPS) is 12.9. The number of nitrogens with one attached hydrogen (secondary N) is 2. The Morgan fingerprint density at radius 2 is 2.03 bits per heavy atom. The van der Waals surface area contributed by atoms with Gasteiger partial charge in [-0.2, -0.15) is 5.10 Å². The molecule has 156 valence electrons. The third-order valence-corrected chi connectivity index (χ3v) is 6.88. The van der Waals surface area contributed by atoms with E-state index in [2.05, 4.69) is 43.8 Å². The molecule has 0 spiro atoms. The lowest BCUT2D eigenvalue weighted by atomic mass is 9.95. The van der Waals surface area contributed by atoms with E-state index in [4.69, 9.17) is 17.0 Å². The van der Waals surface area contributed by atoms with Gasteiger partial charge in [-0.25, -0.2) is 4.79 Å². The maximum atomic E-state index is 12.4. The van der Waals surface area contributed by atoms with Crippen molar-refractivity contribution in [2.24, 2.45) is 0 Å². The molecule has 0 bridgehead atoms. The number of esters is 1. The Morgan fingerprint density at radius 3 is 2.80 bits per heavy atom. The van der Waals surface area contributed by atoms with Gasteiger partial charge in [-0.05, 0) is 61.2 Å². The van der Waals surface area contributed by atoms with E-state index in [0.29, 0.717) is 17.2 Å². The second kappa shape index (κ2) is 9.28. The average molecular weight is 505 g/mol. The lowest BCUT2D eigenvalue weighted by Crippen LogP contribution is -2.20. The lowest BCUT2D eigenvalue weighted by molar-refractivity contribution is 0.0601. The fraction of sp³-hybridized carbons (Fsp3) is 0.286. The fourth-order valence-corrected chi connectivity index (χ4v) is 5.36. The van der Waals surface area contributed by atoms with Crippen LogP contribution in [0.1, 0.15) is 39.2 Å².